The van der Waals surface area contributed by atoms with E-state index in [4.69, 9.17) is 14.2 Å². The molecule has 0 bridgehead atoms. The molecule has 1 aromatic rings. The van der Waals surface area contributed by atoms with Gasteiger partial charge in [-0.15, -0.1) is 0 Å². The summed E-state index contributed by atoms with van der Waals surface area (Å²) in [5.74, 6) is -0.802. The quantitative estimate of drug-likeness (QED) is 0.612. The Hall–Kier alpha value is -2.28. The van der Waals surface area contributed by atoms with Gasteiger partial charge in [0.25, 0.3) is 0 Å². The van der Waals surface area contributed by atoms with E-state index in [2.05, 4.69) is 5.32 Å². The molecule has 2 N–H and O–H groups in total. The third kappa shape index (κ3) is 5.85. The van der Waals surface area contributed by atoms with Crippen LogP contribution in [0.1, 0.15) is 52.5 Å². The van der Waals surface area contributed by atoms with Gasteiger partial charge < -0.3 is 24.6 Å². The number of methoxy groups -OCH3 is 2. The van der Waals surface area contributed by atoms with E-state index in [-0.39, 0.29) is 12.0 Å². The molecular weight excluding hydrogens is 374 g/mol. The van der Waals surface area contributed by atoms with Crippen molar-refractivity contribution in [3.63, 3.8) is 0 Å². The highest BCUT2D eigenvalue weighted by atomic mass is 16.6. The number of rotatable bonds is 9. The van der Waals surface area contributed by atoms with Crippen molar-refractivity contribution in [1.82, 2.24) is 5.32 Å². The van der Waals surface area contributed by atoms with Gasteiger partial charge in [0.15, 0.2) is 0 Å². The first kappa shape index (κ1) is 23.0. The average Bonchev–Trinajstić information content (AvgIpc) is 3.45. The minimum Gasteiger partial charge on any atom is -0.497 e. The molecule has 2 atom stereocenters. The van der Waals surface area contributed by atoms with E-state index >= 15 is 0 Å². The van der Waals surface area contributed by atoms with Crippen LogP contribution in [0.3, 0.4) is 0 Å². The number of ether oxygens (including phenoxy) is 3. The molecular formula is C22H33NO6. The highest BCUT2D eigenvalue weighted by Gasteiger charge is 2.56. The van der Waals surface area contributed by atoms with E-state index in [1.807, 2.05) is 6.92 Å². The zero-order valence-electron chi connectivity index (χ0n) is 18.2. The van der Waals surface area contributed by atoms with Gasteiger partial charge in [0, 0.05) is 12.6 Å². The number of nitrogens with one attached hydrogen (secondary N) is 1. The molecule has 1 amide bonds. The van der Waals surface area contributed by atoms with Crippen molar-refractivity contribution in [3.8, 4) is 11.5 Å². The van der Waals surface area contributed by atoms with Crippen LogP contribution >= 0.6 is 0 Å². The van der Waals surface area contributed by atoms with Crippen LogP contribution in [0.25, 0.3) is 0 Å². The fraction of sp³-hybridized carbons (Fsp3) is 0.636. The van der Waals surface area contributed by atoms with Crippen molar-refractivity contribution in [1.29, 1.82) is 0 Å². The lowest BCUT2D eigenvalue weighted by atomic mass is 9.82. The van der Waals surface area contributed by atoms with Crippen LogP contribution in [0.4, 0.5) is 0 Å². The number of aliphatic hydroxyl groups is 1. The summed E-state index contributed by atoms with van der Waals surface area (Å²) in [6.45, 7) is 7.46. The zero-order chi connectivity index (χ0) is 21.8. The standard InChI is InChI=1S/C22H33NO6/c1-7-22(8-9-22)17(20(26)29-21(2,3)4)18(24)19(25)23-13-14-10-15(27-5)12-16(11-14)28-6/h10-12,17-18,24H,7-9,13H2,1-6H3,(H,23,25)/t17-,18+/m0/s1. The molecule has 0 spiro atoms. The summed E-state index contributed by atoms with van der Waals surface area (Å²) in [6.07, 6.45) is 0.823. The van der Waals surface area contributed by atoms with E-state index < -0.39 is 29.5 Å². The molecule has 0 unspecified atom stereocenters. The first-order valence-electron chi connectivity index (χ1n) is 9.96. The van der Waals surface area contributed by atoms with E-state index in [1.54, 1.807) is 53.2 Å². The van der Waals surface area contributed by atoms with Gasteiger partial charge in [0.05, 0.1) is 20.1 Å². The smallest absolute Gasteiger partial charge is 0.313 e. The molecule has 1 aliphatic carbocycles. The van der Waals surface area contributed by atoms with E-state index in [9.17, 15) is 14.7 Å². The van der Waals surface area contributed by atoms with Crippen LogP contribution in [0.5, 0.6) is 11.5 Å². The molecule has 7 nitrogen and oxygen atoms in total. The molecule has 1 aliphatic rings. The molecule has 7 heteroatoms. The van der Waals surface area contributed by atoms with Gasteiger partial charge in [-0.05, 0) is 63.1 Å². The monoisotopic (exact) mass is 407 g/mol. The fourth-order valence-electron chi connectivity index (χ4n) is 3.54. The first-order chi connectivity index (χ1) is 13.5. The number of carbonyl (C=O) groups excluding carboxylic acids is 2. The minimum absolute atomic E-state index is 0.170. The average molecular weight is 408 g/mol. The van der Waals surface area contributed by atoms with Gasteiger partial charge in [-0.3, -0.25) is 9.59 Å². The van der Waals surface area contributed by atoms with E-state index in [0.717, 1.165) is 18.4 Å². The van der Waals surface area contributed by atoms with Crippen molar-refractivity contribution in [2.24, 2.45) is 11.3 Å². The molecule has 0 heterocycles. The highest BCUT2D eigenvalue weighted by molar-refractivity contribution is 5.88. The molecule has 0 aromatic heterocycles. The van der Waals surface area contributed by atoms with Gasteiger partial charge in [-0.2, -0.15) is 0 Å². The first-order valence-corrected chi connectivity index (χ1v) is 9.96. The van der Waals surface area contributed by atoms with E-state index in [1.165, 1.54) is 0 Å². The van der Waals surface area contributed by atoms with E-state index in [0.29, 0.717) is 17.9 Å². The SMILES string of the molecule is CCC1([C@H](C(=O)OC(C)(C)C)[C@@H](O)C(=O)NCc2cc(OC)cc(OC)c2)CC1. The summed E-state index contributed by atoms with van der Waals surface area (Å²) in [6, 6.07) is 5.28. The van der Waals surface area contributed by atoms with Gasteiger partial charge in [-0.1, -0.05) is 6.92 Å². The van der Waals surface area contributed by atoms with Crippen LogP contribution in [0.15, 0.2) is 18.2 Å². The van der Waals surface area contributed by atoms with Crippen molar-refractivity contribution < 1.29 is 28.9 Å². The Kier molecular flexibility index (Phi) is 7.16. The van der Waals surface area contributed by atoms with Crippen molar-refractivity contribution >= 4 is 11.9 Å². The second kappa shape index (κ2) is 9.03. The summed E-state index contributed by atoms with van der Waals surface area (Å²) in [7, 11) is 3.10. The van der Waals surface area contributed by atoms with Crippen LogP contribution in [-0.2, 0) is 20.9 Å². The molecule has 0 saturated heterocycles. The Labute approximate surface area is 172 Å². The molecule has 0 aliphatic heterocycles. The largest absolute Gasteiger partial charge is 0.497 e. The minimum atomic E-state index is -1.47. The number of hydrogen-bond donors (Lipinski definition) is 2. The lowest BCUT2D eigenvalue weighted by Crippen LogP contribution is -2.47. The Morgan fingerprint density at radius 3 is 2.10 bits per heavy atom. The van der Waals surface area contributed by atoms with Crippen LogP contribution in [0.2, 0.25) is 0 Å². The maximum absolute atomic E-state index is 12.8. The van der Waals surface area contributed by atoms with Gasteiger partial charge in [0.2, 0.25) is 5.91 Å². The number of aliphatic hydroxyl groups excluding tert-OH is 1. The van der Waals surface area contributed by atoms with Crippen molar-refractivity contribution in [2.45, 2.75) is 65.2 Å². The lowest BCUT2D eigenvalue weighted by Gasteiger charge is -2.31. The van der Waals surface area contributed by atoms with Crippen molar-refractivity contribution in [3.05, 3.63) is 23.8 Å². The topological polar surface area (TPSA) is 94.1 Å². The molecule has 1 saturated carbocycles. The summed E-state index contributed by atoms with van der Waals surface area (Å²) in [4.78, 5) is 25.5. The fourth-order valence-corrected chi connectivity index (χ4v) is 3.54. The predicted octanol–water partition coefficient (Wildman–Crippen LogP) is 2.83. The normalized spacial score (nSPS) is 17.1. The summed E-state index contributed by atoms with van der Waals surface area (Å²) in [5.41, 5.74) is -0.308. The highest BCUT2D eigenvalue weighted by Crippen LogP contribution is 2.56. The third-order valence-electron chi connectivity index (χ3n) is 5.38. The number of esters is 1. The second-order valence-corrected chi connectivity index (χ2v) is 8.61. The molecule has 0 radical (unpaired) electrons. The molecule has 2 rings (SSSR count). The number of amides is 1. The van der Waals surface area contributed by atoms with Crippen LogP contribution < -0.4 is 14.8 Å². The maximum Gasteiger partial charge on any atom is 0.313 e. The molecule has 1 aromatic carbocycles. The summed E-state index contributed by atoms with van der Waals surface area (Å²) < 4.78 is 16.0. The number of carbonyl (C=O) groups is 2. The maximum atomic E-state index is 12.8. The Morgan fingerprint density at radius 1 is 1.14 bits per heavy atom. The number of hydrogen-bond acceptors (Lipinski definition) is 6. The molecule has 29 heavy (non-hydrogen) atoms. The van der Waals surface area contributed by atoms with Crippen LogP contribution in [0, 0.1) is 11.3 Å². The zero-order valence-corrected chi connectivity index (χ0v) is 18.2. The Morgan fingerprint density at radius 2 is 1.69 bits per heavy atom. The Balaban J connectivity index is 2.12. The van der Waals surface area contributed by atoms with Gasteiger partial charge in [-0.25, -0.2) is 0 Å². The lowest BCUT2D eigenvalue weighted by molar-refractivity contribution is -0.170. The molecule has 162 valence electrons. The van der Waals surface area contributed by atoms with Gasteiger partial charge >= 0.3 is 5.97 Å². The number of benzene rings is 1. The van der Waals surface area contributed by atoms with Crippen LogP contribution in [-0.4, -0.2) is 42.9 Å². The Bertz CT molecular complexity index is 713. The summed E-state index contributed by atoms with van der Waals surface area (Å²) in [5, 5.41) is 13.5. The predicted molar refractivity (Wildman–Crippen MR) is 109 cm³/mol. The summed E-state index contributed by atoms with van der Waals surface area (Å²) >= 11 is 0. The third-order valence-corrected chi connectivity index (χ3v) is 5.38. The second-order valence-electron chi connectivity index (χ2n) is 8.61. The van der Waals surface area contributed by atoms with Gasteiger partial charge in [0.1, 0.15) is 23.2 Å². The molecule has 1 fully saturated rings. The van der Waals surface area contributed by atoms with Crippen molar-refractivity contribution in [2.75, 3.05) is 14.2 Å².